The molecule has 1 aromatic carbocycles. The summed E-state index contributed by atoms with van der Waals surface area (Å²) in [4.78, 5) is 4.46. The summed E-state index contributed by atoms with van der Waals surface area (Å²) in [6.45, 7) is 0.774. The Balaban J connectivity index is 1.74. The van der Waals surface area contributed by atoms with Gasteiger partial charge in [-0.15, -0.1) is 0 Å². The second-order valence-corrected chi connectivity index (χ2v) is 5.33. The molecule has 1 aliphatic carbocycles. The van der Waals surface area contributed by atoms with Crippen LogP contribution in [0.2, 0.25) is 0 Å². The van der Waals surface area contributed by atoms with Gasteiger partial charge in [-0.3, -0.25) is 4.98 Å². The van der Waals surface area contributed by atoms with Gasteiger partial charge in [0.1, 0.15) is 0 Å². The van der Waals surface area contributed by atoms with Crippen LogP contribution in [-0.4, -0.2) is 22.2 Å². The Bertz CT molecular complexity index is 550. The molecule has 0 aliphatic heterocycles. The van der Waals surface area contributed by atoms with Crippen molar-refractivity contribution in [3.63, 3.8) is 0 Å². The number of aliphatic hydroxyl groups is 1. The first kappa shape index (κ1) is 12.6. The molecule has 2 unspecified atom stereocenters. The number of benzene rings is 1. The largest absolute Gasteiger partial charge is 0.392 e. The molecular weight excluding hydrogens is 236 g/mol. The highest BCUT2D eigenvalue weighted by Gasteiger charge is 2.22. The van der Waals surface area contributed by atoms with Gasteiger partial charge in [-0.2, -0.15) is 0 Å². The Morgan fingerprint density at radius 3 is 2.89 bits per heavy atom. The lowest BCUT2D eigenvalue weighted by Gasteiger charge is -2.28. The zero-order chi connectivity index (χ0) is 13.1. The summed E-state index contributed by atoms with van der Waals surface area (Å²) in [5.41, 5.74) is 2.26. The van der Waals surface area contributed by atoms with Gasteiger partial charge >= 0.3 is 0 Å². The van der Waals surface area contributed by atoms with E-state index in [1.54, 1.807) is 0 Å². The second kappa shape index (κ2) is 5.68. The molecule has 3 heteroatoms. The molecule has 0 saturated heterocycles. The van der Waals surface area contributed by atoms with E-state index in [-0.39, 0.29) is 12.1 Å². The SMILES string of the molecule is OC1CCCCC1NCc1cccc2cccnc12. The molecule has 2 atom stereocenters. The lowest BCUT2D eigenvalue weighted by molar-refractivity contribution is 0.0903. The fraction of sp³-hybridized carbons (Fsp3) is 0.438. The Labute approximate surface area is 113 Å². The van der Waals surface area contributed by atoms with Gasteiger partial charge in [0.05, 0.1) is 11.6 Å². The van der Waals surface area contributed by atoms with Crippen LogP contribution >= 0.6 is 0 Å². The predicted octanol–water partition coefficient (Wildman–Crippen LogP) is 2.63. The van der Waals surface area contributed by atoms with Crippen LogP contribution in [0.15, 0.2) is 36.5 Å². The van der Waals surface area contributed by atoms with Crippen molar-refractivity contribution in [2.24, 2.45) is 0 Å². The monoisotopic (exact) mass is 256 g/mol. The molecule has 1 aliphatic rings. The first-order valence-corrected chi connectivity index (χ1v) is 7.08. The maximum atomic E-state index is 9.98. The zero-order valence-electron chi connectivity index (χ0n) is 11.0. The molecule has 1 heterocycles. The van der Waals surface area contributed by atoms with Crippen LogP contribution in [0.1, 0.15) is 31.2 Å². The van der Waals surface area contributed by atoms with Gasteiger partial charge in [-0.1, -0.05) is 37.1 Å². The van der Waals surface area contributed by atoms with Gasteiger partial charge in [0, 0.05) is 24.2 Å². The Morgan fingerprint density at radius 1 is 1.16 bits per heavy atom. The minimum Gasteiger partial charge on any atom is -0.392 e. The van der Waals surface area contributed by atoms with Crippen molar-refractivity contribution in [3.05, 3.63) is 42.1 Å². The van der Waals surface area contributed by atoms with Crippen LogP contribution in [0, 0.1) is 0 Å². The van der Waals surface area contributed by atoms with Crippen molar-refractivity contribution in [3.8, 4) is 0 Å². The van der Waals surface area contributed by atoms with Gasteiger partial charge in [0.2, 0.25) is 0 Å². The first-order chi connectivity index (χ1) is 9.34. The van der Waals surface area contributed by atoms with Crippen LogP contribution in [0.5, 0.6) is 0 Å². The van der Waals surface area contributed by atoms with Crippen LogP contribution in [-0.2, 0) is 6.54 Å². The Kier molecular flexibility index (Phi) is 3.76. The van der Waals surface area contributed by atoms with E-state index in [9.17, 15) is 5.11 Å². The predicted molar refractivity (Wildman–Crippen MR) is 76.8 cm³/mol. The molecule has 19 heavy (non-hydrogen) atoms. The van der Waals surface area contributed by atoms with Gasteiger partial charge in [0.15, 0.2) is 0 Å². The zero-order valence-corrected chi connectivity index (χ0v) is 11.0. The number of aliphatic hydroxyl groups excluding tert-OH is 1. The molecule has 1 aromatic heterocycles. The molecule has 0 amide bonds. The van der Waals surface area contributed by atoms with E-state index in [0.717, 1.165) is 31.3 Å². The number of hydrogen-bond acceptors (Lipinski definition) is 3. The van der Waals surface area contributed by atoms with Crippen LogP contribution < -0.4 is 5.32 Å². The lowest BCUT2D eigenvalue weighted by atomic mass is 9.92. The molecule has 0 radical (unpaired) electrons. The van der Waals surface area contributed by atoms with E-state index in [4.69, 9.17) is 0 Å². The summed E-state index contributed by atoms with van der Waals surface area (Å²) in [6.07, 6.45) is 5.99. The van der Waals surface area contributed by atoms with Crippen molar-refractivity contribution in [2.45, 2.75) is 44.4 Å². The van der Waals surface area contributed by atoms with Crippen molar-refractivity contribution >= 4 is 10.9 Å². The van der Waals surface area contributed by atoms with E-state index >= 15 is 0 Å². The van der Waals surface area contributed by atoms with E-state index in [1.807, 2.05) is 12.3 Å². The maximum absolute atomic E-state index is 9.98. The molecule has 2 N–H and O–H groups in total. The minimum absolute atomic E-state index is 0.198. The number of pyridine rings is 1. The summed E-state index contributed by atoms with van der Waals surface area (Å²) < 4.78 is 0. The number of fused-ring (bicyclic) bond motifs is 1. The molecule has 100 valence electrons. The maximum Gasteiger partial charge on any atom is 0.0746 e. The smallest absolute Gasteiger partial charge is 0.0746 e. The quantitative estimate of drug-likeness (QED) is 0.887. The number of nitrogens with zero attached hydrogens (tertiary/aromatic N) is 1. The first-order valence-electron chi connectivity index (χ1n) is 7.08. The van der Waals surface area contributed by atoms with Crippen LogP contribution in [0.3, 0.4) is 0 Å². The summed E-state index contributed by atoms with van der Waals surface area (Å²) in [5, 5.41) is 14.6. The number of rotatable bonds is 3. The fourth-order valence-corrected chi connectivity index (χ4v) is 2.90. The molecular formula is C16H20N2O. The van der Waals surface area contributed by atoms with Crippen molar-refractivity contribution in [1.82, 2.24) is 10.3 Å². The highest BCUT2D eigenvalue weighted by Crippen LogP contribution is 2.20. The average Bonchev–Trinajstić information content (AvgIpc) is 2.46. The third kappa shape index (κ3) is 2.77. The Hall–Kier alpha value is -1.45. The summed E-state index contributed by atoms with van der Waals surface area (Å²) in [5.74, 6) is 0. The highest BCUT2D eigenvalue weighted by atomic mass is 16.3. The molecule has 2 aromatic rings. The van der Waals surface area contributed by atoms with E-state index in [1.165, 1.54) is 17.4 Å². The molecule has 3 nitrogen and oxygen atoms in total. The summed E-state index contributed by atoms with van der Waals surface area (Å²) in [7, 11) is 0. The normalized spacial score (nSPS) is 23.6. The summed E-state index contributed by atoms with van der Waals surface area (Å²) in [6, 6.07) is 10.5. The van der Waals surface area contributed by atoms with E-state index < -0.39 is 0 Å². The molecule has 0 spiro atoms. The third-order valence-corrected chi connectivity index (χ3v) is 4.00. The molecule has 1 saturated carbocycles. The van der Waals surface area contributed by atoms with Gasteiger partial charge in [-0.05, 0) is 24.5 Å². The summed E-state index contributed by atoms with van der Waals surface area (Å²) >= 11 is 0. The topological polar surface area (TPSA) is 45.1 Å². The van der Waals surface area contributed by atoms with Gasteiger partial charge in [0.25, 0.3) is 0 Å². The molecule has 3 rings (SSSR count). The number of para-hydroxylation sites is 1. The van der Waals surface area contributed by atoms with E-state index in [0.29, 0.717) is 0 Å². The molecule has 0 bridgehead atoms. The van der Waals surface area contributed by atoms with Gasteiger partial charge in [-0.25, -0.2) is 0 Å². The number of nitrogens with one attached hydrogen (secondary N) is 1. The standard InChI is InChI=1S/C16H20N2O/c19-15-9-2-1-8-14(15)18-11-13-6-3-5-12-7-4-10-17-16(12)13/h3-7,10,14-15,18-19H,1-2,8-9,11H2. The minimum atomic E-state index is -0.198. The number of aromatic nitrogens is 1. The van der Waals surface area contributed by atoms with Crippen molar-refractivity contribution in [2.75, 3.05) is 0 Å². The molecule has 1 fully saturated rings. The highest BCUT2D eigenvalue weighted by molar-refractivity contribution is 5.81. The van der Waals surface area contributed by atoms with E-state index in [2.05, 4.69) is 34.6 Å². The number of hydrogen-bond donors (Lipinski definition) is 2. The van der Waals surface area contributed by atoms with Crippen molar-refractivity contribution in [1.29, 1.82) is 0 Å². The fourth-order valence-electron chi connectivity index (χ4n) is 2.90. The van der Waals surface area contributed by atoms with Crippen LogP contribution in [0.25, 0.3) is 10.9 Å². The third-order valence-electron chi connectivity index (χ3n) is 4.00. The van der Waals surface area contributed by atoms with Crippen LogP contribution in [0.4, 0.5) is 0 Å². The average molecular weight is 256 g/mol. The lowest BCUT2D eigenvalue weighted by Crippen LogP contribution is -2.41. The van der Waals surface area contributed by atoms with Crippen molar-refractivity contribution < 1.29 is 5.11 Å². The Morgan fingerprint density at radius 2 is 2.00 bits per heavy atom. The second-order valence-electron chi connectivity index (χ2n) is 5.33. The van der Waals surface area contributed by atoms with Gasteiger partial charge < -0.3 is 10.4 Å².